The van der Waals surface area contributed by atoms with Crippen LogP contribution in [0.3, 0.4) is 0 Å². The molecule has 0 saturated carbocycles. The van der Waals surface area contributed by atoms with Gasteiger partial charge < -0.3 is 5.32 Å². The molecule has 1 aliphatic rings. The summed E-state index contributed by atoms with van der Waals surface area (Å²) in [4.78, 5) is 13.2. The minimum absolute atomic E-state index is 0.0307. The second-order valence-corrected chi connectivity index (χ2v) is 5.43. The Hall–Kier alpha value is -1.08. The molecule has 1 aliphatic heterocycles. The number of halogens is 3. The number of amides is 1. The zero-order valence-electron chi connectivity index (χ0n) is 10.2. The molecule has 0 spiro atoms. The van der Waals surface area contributed by atoms with Crippen molar-refractivity contribution >= 4 is 17.2 Å². The highest BCUT2D eigenvalue weighted by Crippen LogP contribution is 2.20. The van der Waals surface area contributed by atoms with Crippen molar-refractivity contribution in [3.8, 4) is 0 Å². The summed E-state index contributed by atoms with van der Waals surface area (Å²) < 4.78 is 36.7. The number of carbonyl (C=O) groups is 1. The normalized spacial score (nSPS) is 18.5. The molecule has 19 heavy (non-hydrogen) atoms. The third kappa shape index (κ3) is 4.50. The Bertz CT molecular complexity index is 411. The molecule has 1 saturated heterocycles. The van der Waals surface area contributed by atoms with E-state index in [0.29, 0.717) is 31.5 Å². The van der Waals surface area contributed by atoms with Crippen LogP contribution in [0.4, 0.5) is 13.2 Å². The SMILES string of the molecule is O=C(NC1CCN(CC(F)(F)F)CC1)c1ccsc1. The van der Waals surface area contributed by atoms with Crippen LogP contribution in [0.15, 0.2) is 16.8 Å². The maximum absolute atomic E-state index is 12.2. The number of nitrogens with one attached hydrogen (secondary N) is 1. The van der Waals surface area contributed by atoms with Crippen molar-refractivity contribution < 1.29 is 18.0 Å². The first kappa shape index (κ1) is 14.3. The lowest BCUT2D eigenvalue weighted by Gasteiger charge is -2.32. The second kappa shape index (κ2) is 5.92. The molecule has 0 atom stereocenters. The van der Waals surface area contributed by atoms with Crippen LogP contribution in [0, 0.1) is 0 Å². The Morgan fingerprint density at radius 2 is 2.11 bits per heavy atom. The highest BCUT2D eigenvalue weighted by Gasteiger charge is 2.32. The standard InChI is InChI=1S/C12H15F3N2OS/c13-12(14,15)8-17-4-1-10(2-5-17)16-11(18)9-3-6-19-7-9/h3,6-7,10H,1-2,4-5,8H2,(H,16,18). The van der Waals surface area contributed by atoms with Crippen molar-refractivity contribution in [1.29, 1.82) is 0 Å². The molecule has 2 rings (SSSR count). The molecule has 7 heteroatoms. The lowest BCUT2D eigenvalue weighted by atomic mass is 10.0. The molecule has 0 bridgehead atoms. The molecule has 106 valence electrons. The summed E-state index contributed by atoms with van der Waals surface area (Å²) in [7, 11) is 0. The van der Waals surface area contributed by atoms with E-state index in [2.05, 4.69) is 5.32 Å². The van der Waals surface area contributed by atoms with E-state index >= 15 is 0 Å². The van der Waals surface area contributed by atoms with E-state index in [1.165, 1.54) is 16.2 Å². The number of piperidine rings is 1. The van der Waals surface area contributed by atoms with Gasteiger partial charge in [-0.3, -0.25) is 9.69 Å². The van der Waals surface area contributed by atoms with Crippen LogP contribution < -0.4 is 5.32 Å². The van der Waals surface area contributed by atoms with Crippen molar-refractivity contribution in [3.63, 3.8) is 0 Å². The number of hydrogen-bond acceptors (Lipinski definition) is 3. The van der Waals surface area contributed by atoms with Crippen molar-refractivity contribution in [3.05, 3.63) is 22.4 Å². The van der Waals surface area contributed by atoms with Crippen molar-refractivity contribution in [2.24, 2.45) is 0 Å². The molecule has 1 N–H and O–H groups in total. The fraction of sp³-hybridized carbons (Fsp3) is 0.583. The van der Waals surface area contributed by atoms with Gasteiger partial charge in [-0.25, -0.2) is 0 Å². The Kier molecular flexibility index (Phi) is 4.46. The maximum Gasteiger partial charge on any atom is 0.401 e. The minimum atomic E-state index is -4.15. The van der Waals surface area contributed by atoms with E-state index in [4.69, 9.17) is 0 Å². The van der Waals surface area contributed by atoms with Gasteiger partial charge in [-0.1, -0.05) is 0 Å². The van der Waals surface area contributed by atoms with Crippen LogP contribution in [-0.4, -0.2) is 42.7 Å². The number of nitrogens with zero attached hydrogens (tertiary/aromatic N) is 1. The predicted octanol–water partition coefficient (Wildman–Crippen LogP) is 2.50. The Labute approximate surface area is 113 Å². The molecule has 0 radical (unpaired) electrons. The van der Waals surface area contributed by atoms with Gasteiger partial charge in [0.2, 0.25) is 0 Å². The highest BCUT2D eigenvalue weighted by atomic mass is 32.1. The molecule has 1 fully saturated rings. The number of likely N-dealkylation sites (tertiary alicyclic amines) is 1. The van der Waals surface area contributed by atoms with Crippen LogP contribution >= 0.6 is 11.3 Å². The summed E-state index contributed by atoms with van der Waals surface area (Å²) >= 11 is 1.44. The summed E-state index contributed by atoms with van der Waals surface area (Å²) in [6.45, 7) is -0.125. The van der Waals surface area contributed by atoms with Gasteiger partial charge in [0.1, 0.15) is 0 Å². The highest BCUT2D eigenvalue weighted by molar-refractivity contribution is 7.08. The van der Waals surface area contributed by atoms with Crippen LogP contribution in [0.2, 0.25) is 0 Å². The van der Waals surface area contributed by atoms with Gasteiger partial charge in [-0.2, -0.15) is 24.5 Å². The van der Waals surface area contributed by atoms with E-state index in [-0.39, 0.29) is 11.9 Å². The molecule has 0 unspecified atom stereocenters. The Morgan fingerprint density at radius 1 is 1.42 bits per heavy atom. The Balaban J connectivity index is 1.76. The number of hydrogen-bond donors (Lipinski definition) is 1. The van der Waals surface area contributed by atoms with Gasteiger partial charge in [-0.05, 0) is 24.3 Å². The minimum Gasteiger partial charge on any atom is -0.349 e. The zero-order valence-corrected chi connectivity index (χ0v) is 11.1. The van der Waals surface area contributed by atoms with Gasteiger partial charge in [0.15, 0.2) is 0 Å². The van der Waals surface area contributed by atoms with Crippen LogP contribution in [0.25, 0.3) is 0 Å². The van der Waals surface area contributed by atoms with Crippen LogP contribution in [-0.2, 0) is 0 Å². The Morgan fingerprint density at radius 3 is 2.63 bits per heavy atom. The van der Waals surface area contributed by atoms with Crippen molar-refractivity contribution in [1.82, 2.24) is 10.2 Å². The van der Waals surface area contributed by atoms with Crippen molar-refractivity contribution in [2.45, 2.75) is 25.1 Å². The average molecular weight is 292 g/mol. The van der Waals surface area contributed by atoms with Gasteiger partial charge in [0, 0.05) is 30.1 Å². The summed E-state index contributed by atoms with van der Waals surface area (Å²) in [5.74, 6) is -0.143. The van der Waals surface area contributed by atoms with Crippen molar-refractivity contribution in [2.75, 3.05) is 19.6 Å². The first-order valence-corrected chi connectivity index (χ1v) is 7.00. The number of thiophene rings is 1. The van der Waals surface area contributed by atoms with E-state index in [0.717, 1.165) is 0 Å². The summed E-state index contributed by atoms with van der Waals surface area (Å²) in [6, 6.07) is 1.70. The maximum atomic E-state index is 12.2. The molecular formula is C12H15F3N2OS. The smallest absolute Gasteiger partial charge is 0.349 e. The largest absolute Gasteiger partial charge is 0.401 e. The molecular weight excluding hydrogens is 277 g/mol. The van der Waals surface area contributed by atoms with E-state index in [1.807, 2.05) is 5.38 Å². The number of rotatable bonds is 3. The average Bonchev–Trinajstić information content (AvgIpc) is 2.83. The monoisotopic (exact) mass is 292 g/mol. The van der Waals surface area contributed by atoms with Gasteiger partial charge in [0.05, 0.1) is 6.54 Å². The molecule has 1 amide bonds. The quantitative estimate of drug-likeness (QED) is 0.928. The van der Waals surface area contributed by atoms with E-state index < -0.39 is 12.7 Å². The van der Waals surface area contributed by atoms with Gasteiger partial charge in [0.25, 0.3) is 5.91 Å². The third-order valence-corrected chi connectivity index (χ3v) is 3.79. The second-order valence-electron chi connectivity index (χ2n) is 4.65. The predicted molar refractivity (Wildman–Crippen MR) is 67.3 cm³/mol. The summed E-state index contributed by atoms with van der Waals surface area (Å²) in [5.41, 5.74) is 0.614. The van der Waals surface area contributed by atoms with E-state index in [1.54, 1.807) is 11.4 Å². The molecule has 1 aromatic rings. The van der Waals surface area contributed by atoms with Gasteiger partial charge >= 0.3 is 6.18 Å². The zero-order chi connectivity index (χ0) is 13.9. The third-order valence-electron chi connectivity index (χ3n) is 3.11. The summed E-state index contributed by atoms with van der Waals surface area (Å²) in [5, 5.41) is 6.44. The van der Waals surface area contributed by atoms with E-state index in [9.17, 15) is 18.0 Å². The fourth-order valence-electron chi connectivity index (χ4n) is 2.15. The number of alkyl halides is 3. The molecule has 0 aromatic carbocycles. The van der Waals surface area contributed by atoms with Crippen LogP contribution in [0.1, 0.15) is 23.2 Å². The molecule has 0 aliphatic carbocycles. The molecule has 3 nitrogen and oxygen atoms in total. The topological polar surface area (TPSA) is 32.3 Å². The van der Waals surface area contributed by atoms with Crippen LogP contribution in [0.5, 0.6) is 0 Å². The summed E-state index contributed by atoms with van der Waals surface area (Å²) in [6.07, 6.45) is -3.02. The van der Waals surface area contributed by atoms with Gasteiger partial charge in [-0.15, -0.1) is 0 Å². The number of carbonyl (C=O) groups excluding carboxylic acids is 1. The fourth-order valence-corrected chi connectivity index (χ4v) is 2.79. The first-order chi connectivity index (χ1) is 8.94. The molecule has 1 aromatic heterocycles. The lowest BCUT2D eigenvalue weighted by molar-refractivity contribution is -0.148. The molecule has 2 heterocycles. The lowest BCUT2D eigenvalue weighted by Crippen LogP contribution is -2.47. The first-order valence-electron chi connectivity index (χ1n) is 6.06.